The number of hydrogen-bond donors (Lipinski definition) is 1. The molecule has 0 fully saturated rings. The first-order valence-corrected chi connectivity index (χ1v) is 6.35. The van der Waals surface area contributed by atoms with E-state index in [1.165, 1.54) is 11.1 Å². The average molecular weight is 294 g/mol. The standard InChI is InChI=1S/C13H16BrN3/c1-9-3-4-10(14)7-12(9)13(15)8-11-5-6-17(2)16-11/h3-7,13H,8,15H2,1-2H3. The molecule has 90 valence electrons. The highest BCUT2D eigenvalue weighted by molar-refractivity contribution is 9.10. The zero-order chi connectivity index (χ0) is 12.4. The van der Waals surface area contributed by atoms with E-state index >= 15 is 0 Å². The monoisotopic (exact) mass is 293 g/mol. The molecule has 1 atom stereocenters. The van der Waals surface area contributed by atoms with Gasteiger partial charge in [-0.15, -0.1) is 0 Å². The zero-order valence-electron chi connectivity index (χ0n) is 10.0. The second-order valence-electron chi connectivity index (χ2n) is 4.29. The first-order chi connectivity index (χ1) is 8.06. The molecule has 17 heavy (non-hydrogen) atoms. The SMILES string of the molecule is Cc1ccc(Br)cc1C(N)Cc1ccn(C)n1. The van der Waals surface area contributed by atoms with Crippen LogP contribution in [-0.4, -0.2) is 9.78 Å². The van der Waals surface area contributed by atoms with Gasteiger partial charge in [-0.05, 0) is 36.2 Å². The summed E-state index contributed by atoms with van der Waals surface area (Å²) in [5, 5.41) is 4.35. The number of halogens is 1. The fourth-order valence-corrected chi connectivity index (χ4v) is 2.30. The van der Waals surface area contributed by atoms with Crippen LogP contribution in [0.25, 0.3) is 0 Å². The number of rotatable bonds is 3. The fourth-order valence-electron chi connectivity index (χ4n) is 1.92. The summed E-state index contributed by atoms with van der Waals surface area (Å²) in [6.07, 6.45) is 2.70. The predicted molar refractivity (Wildman–Crippen MR) is 72.7 cm³/mol. The molecule has 1 aromatic heterocycles. The maximum Gasteiger partial charge on any atom is 0.0643 e. The molecule has 0 bridgehead atoms. The van der Waals surface area contributed by atoms with Crippen molar-refractivity contribution in [3.8, 4) is 0 Å². The molecule has 0 aliphatic heterocycles. The largest absolute Gasteiger partial charge is 0.324 e. The Morgan fingerprint density at radius 1 is 1.41 bits per heavy atom. The number of aromatic nitrogens is 2. The van der Waals surface area contributed by atoms with Gasteiger partial charge < -0.3 is 5.73 Å². The summed E-state index contributed by atoms with van der Waals surface area (Å²) in [6, 6.07) is 8.20. The minimum atomic E-state index is -0.0117. The molecule has 3 nitrogen and oxygen atoms in total. The van der Waals surface area contributed by atoms with E-state index in [-0.39, 0.29) is 6.04 Å². The van der Waals surface area contributed by atoms with Crippen LogP contribution in [0.3, 0.4) is 0 Å². The minimum absolute atomic E-state index is 0.0117. The lowest BCUT2D eigenvalue weighted by Crippen LogP contribution is -2.15. The normalized spacial score (nSPS) is 12.7. The van der Waals surface area contributed by atoms with Crippen LogP contribution in [0.15, 0.2) is 34.9 Å². The Bertz CT molecular complexity index is 519. The van der Waals surface area contributed by atoms with Crippen LogP contribution in [0, 0.1) is 6.92 Å². The van der Waals surface area contributed by atoms with Crippen molar-refractivity contribution < 1.29 is 0 Å². The van der Waals surface area contributed by atoms with Crippen molar-refractivity contribution in [3.63, 3.8) is 0 Å². The molecular formula is C13H16BrN3. The van der Waals surface area contributed by atoms with Crippen molar-refractivity contribution in [1.29, 1.82) is 0 Å². The molecule has 4 heteroatoms. The van der Waals surface area contributed by atoms with Gasteiger partial charge in [0.2, 0.25) is 0 Å². The zero-order valence-corrected chi connectivity index (χ0v) is 11.6. The van der Waals surface area contributed by atoms with E-state index in [0.717, 1.165) is 16.6 Å². The van der Waals surface area contributed by atoms with Gasteiger partial charge in [0.15, 0.2) is 0 Å². The lowest BCUT2D eigenvalue weighted by atomic mass is 9.98. The molecule has 2 N–H and O–H groups in total. The Morgan fingerprint density at radius 3 is 2.82 bits per heavy atom. The van der Waals surface area contributed by atoms with Crippen LogP contribution in [-0.2, 0) is 13.5 Å². The van der Waals surface area contributed by atoms with E-state index in [1.807, 2.05) is 25.4 Å². The van der Waals surface area contributed by atoms with Gasteiger partial charge in [0.05, 0.1) is 5.69 Å². The molecule has 0 amide bonds. The molecule has 0 saturated carbocycles. The number of nitrogens with two attached hydrogens (primary N) is 1. The van der Waals surface area contributed by atoms with Crippen molar-refractivity contribution in [2.24, 2.45) is 12.8 Å². The Morgan fingerprint density at radius 2 is 2.18 bits per heavy atom. The van der Waals surface area contributed by atoms with E-state index in [9.17, 15) is 0 Å². The van der Waals surface area contributed by atoms with Crippen molar-refractivity contribution in [3.05, 3.63) is 51.8 Å². The summed E-state index contributed by atoms with van der Waals surface area (Å²) in [5.41, 5.74) is 9.65. The minimum Gasteiger partial charge on any atom is -0.324 e. The predicted octanol–water partition coefficient (Wildman–Crippen LogP) is 2.73. The van der Waals surface area contributed by atoms with Crippen LogP contribution >= 0.6 is 15.9 Å². The molecule has 0 saturated heterocycles. The van der Waals surface area contributed by atoms with Crippen LogP contribution in [0.2, 0.25) is 0 Å². The summed E-state index contributed by atoms with van der Waals surface area (Å²) in [7, 11) is 1.92. The fraction of sp³-hybridized carbons (Fsp3) is 0.308. The lowest BCUT2D eigenvalue weighted by Gasteiger charge is -2.14. The van der Waals surface area contributed by atoms with Crippen molar-refractivity contribution in [2.45, 2.75) is 19.4 Å². The number of hydrogen-bond acceptors (Lipinski definition) is 2. The van der Waals surface area contributed by atoms with Gasteiger partial charge >= 0.3 is 0 Å². The van der Waals surface area contributed by atoms with Crippen LogP contribution < -0.4 is 5.73 Å². The molecule has 2 aromatic rings. The van der Waals surface area contributed by atoms with Crippen LogP contribution in [0.1, 0.15) is 22.9 Å². The van der Waals surface area contributed by atoms with Gasteiger partial charge in [0.1, 0.15) is 0 Å². The van der Waals surface area contributed by atoms with E-state index < -0.39 is 0 Å². The molecule has 2 rings (SSSR count). The molecular weight excluding hydrogens is 278 g/mol. The first kappa shape index (κ1) is 12.3. The highest BCUT2D eigenvalue weighted by Crippen LogP contribution is 2.23. The number of nitrogens with zero attached hydrogens (tertiary/aromatic N) is 2. The van der Waals surface area contributed by atoms with E-state index in [2.05, 4.69) is 40.1 Å². The van der Waals surface area contributed by atoms with Crippen LogP contribution in [0.5, 0.6) is 0 Å². The molecule has 1 aromatic carbocycles. The van der Waals surface area contributed by atoms with Gasteiger partial charge in [-0.2, -0.15) is 5.10 Å². The Hall–Kier alpha value is -1.13. The Balaban J connectivity index is 2.19. The molecule has 0 radical (unpaired) electrons. The quantitative estimate of drug-likeness (QED) is 0.946. The molecule has 1 heterocycles. The van der Waals surface area contributed by atoms with E-state index in [4.69, 9.17) is 5.73 Å². The third-order valence-electron chi connectivity index (χ3n) is 2.84. The van der Waals surface area contributed by atoms with E-state index in [0.29, 0.717) is 0 Å². The molecule has 1 unspecified atom stereocenters. The molecule has 0 aliphatic rings. The summed E-state index contributed by atoms with van der Waals surface area (Å²) in [5.74, 6) is 0. The van der Waals surface area contributed by atoms with Crippen molar-refractivity contribution >= 4 is 15.9 Å². The van der Waals surface area contributed by atoms with Gasteiger partial charge in [0, 0.05) is 30.2 Å². The smallest absolute Gasteiger partial charge is 0.0643 e. The highest BCUT2D eigenvalue weighted by Gasteiger charge is 2.11. The maximum atomic E-state index is 6.24. The summed E-state index contributed by atoms with van der Waals surface area (Å²) in [4.78, 5) is 0. The first-order valence-electron chi connectivity index (χ1n) is 5.56. The Labute approximate surface area is 110 Å². The lowest BCUT2D eigenvalue weighted by molar-refractivity contribution is 0.672. The number of benzene rings is 1. The highest BCUT2D eigenvalue weighted by atomic mass is 79.9. The Kier molecular flexibility index (Phi) is 3.64. The summed E-state index contributed by atoms with van der Waals surface area (Å²) in [6.45, 7) is 2.08. The second kappa shape index (κ2) is 5.02. The average Bonchev–Trinajstić information content (AvgIpc) is 2.67. The van der Waals surface area contributed by atoms with Gasteiger partial charge in [-0.3, -0.25) is 4.68 Å². The third kappa shape index (κ3) is 2.96. The van der Waals surface area contributed by atoms with Gasteiger partial charge in [-0.25, -0.2) is 0 Å². The summed E-state index contributed by atoms with van der Waals surface area (Å²) >= 11 is 3.48. The van der Waals surface area contributed by atoms with E-state index in [1.54, 1.807) is 4.68 Å². The van der Waals surface area contributed by atoms with Gasteiger partial charge in [0.25, 0.3) is 0 Å². The molecule has 0 spiro atoms. The van der Waals surface area contributed by atoms with Crippen molar-refractivity contribution in [2.75, 3.05) is 0 Å². The summed E-state index contributed by atoms with van der Waals surface area (Å²) < 4.78 is 2.87. The topological polar surface area (TPSA) is 43.8 Å². The van der Waals surface area contributed by atoms with Gasteiger partial charge in [-0.1, -0.05) is 22.0 Å². The second-order valence-corrected chi connectivity index (χ2v) is 5.21. The molecule has 0 aliphatic carbocycles. The maximum absolute atomic E-state index is 6.24. The third-order valence-corrected chi connectivity index (χ3v) is 3.33. The number of aryl methyl sites for hydroxylation is 2. The van der Waals surface area contributed by atoms with Crippen molar-refractivity contribution in [1.82, 2.24) is 9.78 Å². The van der Waals surface area contributed by atoms with Crippen LogP contribution in [0.4, 0.5) is 0 Å².